The van der Waals surface area contributed by atoms with Crippen LogP contribution in [0.25, 0.3) is 11.3 Å². The van der Waals surface area contributed by atoms with Crippen LogP contribution in [0.3, 0.4) is 0 Å². The van der Waals surface area contributed by atoms with Gasteiger partial charge in [0, 0.05) is 11.6 Å². The van der Waals surface area contributed by atoms with E-state index in [-0.39, 0.29) is 5.82 Å². The molecule has 0 amide bonds. The van der Waals surface area contributed by atoms with Gasteiger partial charge in [-0.3, -0.25) is 0 Å². The molecule has 0 fully saturated rings. The average Bonchev–Trinajstić information content (AvgIpc) is 2.86. The van der Waals surface area contributed by atoms with E-state index in [1.165, 1.54) is 18.6 Å². The van der Waals surface area contributed by atoms with Gasteiger partial charge >= 0.3 is 0 Å². The summed E-state index contributed by atoms with van der Waals surface area (Å²) in [5, 5.41) is 3.42. The van der Waals surface area contributed by atoms with Crippen LogP contribution in [0.2, 0.25) is 0 Å². The van der Waals surface area contributed by atoms with Crippen LogP contribution in [0.4, 0.5) is 4.39 Å². The molecule has 1 N–H and O–H groups in total. The summed E-state index contributed by atoms with van der Waals surface area (Å²) in [4.78, 5) is 0. The van der Waals surface area contributed by atoms with Gasteiger partial charge in [0.05, 0.1) is 6.54 Å². The maximum atomic E-state index is 12.8. The molecule has 19 heavy (non-hydrogen) atoms. The number of hydrogen-bond donors (Lipinski definition) is 1. The largest absolute Gasteiger partial charge is 0.460 e. The summed E-state index contributed by atoms with van der Waals surface area (Å²) in [5.74, 6) is 1.45. The maximum absolute atomic E-state index is 12.8. The van der Waals surface area contributed by atoms with E-state index in [0.29, 0.717) is 6.04 Å². The lowest BCUT2D eigenvalue weighted by Gasteiger charge is -2.10. The Morgan fingerprint density at radius 1 is 1.16 bits per heavy atom. The highest BCUT2D eigenvalue weighted by atomic mass is 19.1. The molecule has 2 rings (SSSR count). The SMILES string of the molecule is CCCC(C)NCc1ccc(-c2ccc(F)cc2)o1. The van der Waals surface area contributed by atoms with Crippen LogP contribution in [0.1, 0.15) is 32.4 Å². The molecule has 0 spiro atoms. The summed E-state index contributed by atoms with van der Waals surface area (Å²) < 4.78 is 18.6. The molecule has 0 aliphatic heterocycles. The zero-order valence-electron chi connectivity index (χ0n) is 11.4. The molecule has 0 bridgehead atoms. The summed E-state index contributed by atoms with van der Waals surface area (Å²) in [6.45, 7) is 5.08. The van der Waals surface area contributed by atoms with Crippen molar-refractivity contribution in [2.75, 3.05) is 0 Å². The van der Waals surface area contributed by atoms with E-state index in [1.54, 1.807) is 12.1 Å². The van der Waals surface area contributed by atoms with E-state index in [9.17, 15) is 4.39 Å². The van der Waals surface area contributed by atoms with E-state index < -0.39 is 0 Å². The summed E-state index contributed by atoms with van der Waals surface area (Å²) in [5.41, 5.74) is 0.897. The molecule has 0 aliphatic rings. The molecular formula is C16H20FNO. The molecule has 2 nitrogen and oxygen atoms in total. The molecule has 1 heterocycles. The zero-order chi connectivity index (χ0) is 13.7. The first-order chi connectivity index (χ1) is 9.19. The standard InChI is InChI=1S/C16H20FNO/c1-3-4-12(2)18-11-15-9-10-16(19-15)13-5-7-14(17)8-6-13/h5-10,12,18H,3-4,11H2,1-2H3. The van der Waals surface area contributed by atoms with Crippen molar-refractivity contribution in [2.45, 2.75) is 39.3 Å². The molecule has 0 aliphatic carbocycles. The number of furan rings is 1. The highest BCUT2D eigenvalue weighted by Crippen LogP contribution is 2.22. The normalized spacial score (nSPS) is 12.6. The van der Waals surface area contributed by atoms with Crippen molar-refractivity contribution >= 4 is 0 Å². The van der Waals surface area contributed by atoms with E-state index in [2.05, 4.69) is 19.2 Å². The summed E-state index contributed by atoms with van der Waals surface area (Å²) in [7, 11) is 0. The molecule has 2 aromatic rings. The Kier molecular flexibility index (Phi) is 4.74. The van der Waals surface area contributed by atoms with Crippen molar-refractivity contribution in [3.05, 3.63) is 48.0 Å². The van der Waals surface area contributed by atoms with Gasteiger partial charge in [-0.1, -0.05) is 13.3 Å². The second-order valence-corrected chi connectivity index (χ2v) is 4.84. The first-order valence-corrected chi connectivity index (χ1v) is 6.77. The van der Waals surface area contributed by atoms with Crippen LogP contribution in [0.5, 0.6) is 0 Å². The molecule has 1 unspecified atom stereocenters. The molecule has 1 aromatic carbocycles. The number of rotatable bonds is 6. The molecule has 1 aromatic heterocycles. The lowest BCUT2D eigenvalue weighted by Crippen LogP contribution is -2.24. The van der Waals surface area contributed by atoms with Crippen molar-refractivity contribution in [1.82, 2.24) is 5.32 Å². The maximum Gasteiger partial charge on any atom is 0.134 e. The monoisotopic (exact) mass is 261 g/mol. The molecule has 3 heteroatoms. The second-order valence-electron chi connectivity index (χ2n) is 4.84. The van der Waals surface area contributed by atoms with Gasteiger partial charge in [0.2, 0.25) is 0 Å². The molecule has 0 saturated heterocycles. The van der Waals surface area contributed by atoms with E-state index in [4.69, 9.17) is 4.42 Å². The van der Waals surface area contributed by atoms with Crippen molar-refractivity contribution < 1.29 is 8.81 Å². The van der Waals surface area contributed by atoms with Crippen molar-refractivity contribution in [3.63, 3.8) is 0 Å². The Bertz CT molecular complexity index is 504. The Labute approximate surface area is 113 Å². The Morgan fingerprint density at radius 3 is 2.58 bits per heavy atom. The summed E-state index contributed by atoms with van der Waals surface area (Å²) in [6.07, 6.45) is 2.33. The van der Waals surface area contributed by atoms with Gasteiger partial charge in [-0.25, -0.2) is 4.39 Å². The van der Waals surface area contributed by atoms with Crippen LogP contribution < -0.4 is 5.32 Å². The zero-order valence-corrected chi connectivity index (χ0v) is 11.4. The minimum atomic E-state index is -0.231. The number of benzene rings is 1. The van der Waals surface area contributed by atoms with E-state index in [1.807, 2.05) is 12.1 Å². The van der Waals surface area contributed by atoms with Gasteiger partial charge in [-0.2, -0.15) is 0 Å². The number of hydrogen-bond acceptors (Lipinski definition) is 2. The Balaban J connectivity index is 1.97. The quantitative estimate of drug-likeness (QED) is 0.835. The third kappa shape index (κ3) is 3.93. The van der Waals surface area contributed by atoms with E-state index in [0.717, 1.165) is 30.0 Å². The average molecular weight is 261 g/mol. The molecule has 102 valence electrons. The summed E-state index contributed by atoms with van der Waals surface area (Å²) in [6, 6.07) is 10.7. The van der Waals surface area contributed by atoms with Gasteiger partial charge in [0.25, 0.3) is 0 Å². The third-order valence-electron chi connectivity index (χ3n) is 3.14. The first-order valence-electron chi connectivity index (χ1n) is 6.77. The van der Waals surface area contributed by atoms with Gasteiger partial charge in [-0.05, 0) is 49.7 Å². The molecular weight excluding hydrogens is 241 g/mol. The lowest BCUT2D eigenvalue weighted by molar-refractivity contribution is 0.447. The fraction of sp³-hybridized carbons (Fsp3) is 0.375. The smallest absolute Gasteiger partial charge is 0.134 e. The summed E-state index contributed by atoms with van der Waals surface area (Å²) >= 11 is 0. The van der Waals surface area contributed by atoms with Crippen molar-refractivity contribution in [3.8, 4) is 11.3 Å². The fourth-order valence-electron chi connectivity index (χ4n) is 2.05. The second kappa shape index (κ2) is 6.53. The first kappa shape index (κ1) is 13.8. The van der Waals surface area contributed by atoms with Gasteiger partial charge in [0.1, 0.15) is 17.3 Å². The fourth-order valence-corrected chi connectivity index (χ4v) is 2.05. The Hall–Kier alpha value is -1.61. The van der Waals surface area contributed by atoms with Gasteiger partial charge in [-0.15, -0.1) is 0 Å². The minimum Gasteiger partial charge on any atom is -0.460 e. The highest BCUT2D eigenvalue weighted by Gasteiger charge is 2.06. The van der Waals surface area contributed by atoms with Crippen LogP contribution >= 0.6 is 0 Å². The van der Waals surface area contributed by atoms with Crippen LogP contribution in [-0.4, -0.2) is 6.04 Å². The predicted molar refractivity (Wildman–Crippen MR) is 75.3 cm³/mol. The minimum absolute atomic E-state index is 0.231. The lowest BCUT2D eigenvalue weighted by atomic mass is 10.2. The molecule has 1 atom stereocenters. The predicted octanol–water partition coefficient (Wildman–Crippen LogP) is 4.36. The van der Waals surface area contributed by atoms with Gasteiger partial charge in [0.15, 0.2) is 0 Å². The number of halogens is 1. The van der Waals surface area contributed by atoms with Crippen LogP contribution in [-0.2, 0) is 6.54 Å². The highest BCUT2D eigenvalue weighted by molar-refractivity contribution is 5.57. The molecule has 0 radical (unpaired) electrons. The van der Waals surface area contributed by atoms with Crippen molar-refractivity contribution in [2.24, 2.45) is 0 Å². The van der Waals surface area contributed by atoms with E-state index >= 15 is 0 Å². The Morgan fingerprint density at radius 2 is 1.89 bits per heavy atom. The topological polar surface area (TPSA) is 25.2 Å². The third-order valence-corrected chi connectivity index (χ3v) is 3.14. The van der Waals surface area contributed by atoms with Crippen LogP contribution in [0, 0.1) is 5.82 Å². The molecule has 0 saturated carbocycles. The van der Waals surface area contributed by atoms with Crippen molar-refractivity contribution in [1.29, 1.82) is 0 Å². The van der Waals surface area contributed by atoms with Gasteiger partial charge < -0.3 is 9.73 Å². The van der Waals surface area contributed by atoms with Crippen LogP contribution in [0.15, 0.2) is 40.8 Å². The number of nitrogens with one attached hydrogen (secondary N) is 1.